The Morgan fingerprint density at radius 1 is 1.28 bits per heavy atom. The quantitative estimate of drug-likeness (QED) is 0.542. The first-order valence-corrected chi connectivity index (χ1v) is 10.4. The zero-order chi connectivity index (χ0) is 20.2. The molecule has 1 aliphatic carbocycles. The van der Waals surface area contributed by atoms with Crippen LogP contribution in [0, 0.1) is 0 Å². The van der Waals surface area contributed by atoms with Crippen molar-refractivity contribution in [3.8, 4) is 11.5 Å². The van der Waals surface area contributed by atoms with Crippen LogP contribution in [-0.2, 0) is 11.3 Å². The molecule has 0 unspecified atom stereocenters. The highest BCUT2D eigenvalue weighted by Crippen LogP contribution is 2.33. The molecule has 1 amide bonds. The summed E-state index contributed by atoms with van der Waals surface area (Å²) in [6.07, 6.45) is 8.19. The van der Waals surface area contributed by atoms with Crippen LogP contribution >= 0.6 is 12.2 Å². The Kier molecular flexibility index (Phi) is 5.85. The molecule has 2 fully saturated rings. The number of hydrogen-bond donors (Lipinski definition) is 1. The molecular weight excluding hydrogens is 388 g/mol. The minimum absolute atomic E-state index is 0.185. The van der Waals surface area contributed by atoms with Gasteiger partial charge < -0.3 is 19.2 Å². The standard InChI is InChI=1S/C22H24N2O4S/c1-2-26-20-13-15(9-10-19(20)28-16-6-3-4-7-16)12-18-21(25)24(22(29)23-18)14-17-8-5-11-27-17/h5,8-13,16H,2-4,6-7,14H2,1H3,(H,23,29)/b18-12+. The first kappa shape index (κ1) is 19.5. The van der Waals surface area contributed by atoms with E-state index in [2.05, 4.69) is 5.32 Å². The molecule has 29 heavy (non-hydrogen) atoms. The third-order valence-electron chi connectivity index (χ3n) is 5.03. The smallest absolute Gasteiger partial charge is 0.276 e. The van der Waals surface area contributed by atoms with Crippen molar-refractivity contribution in [1.29, 1.82) is 0 Å². The van der Waals surface area contributed by atoms with Crippen molar-refractivity contribution in [1.82, 2.24) is 10.2 Å². The van der Waals surface area contributed by atoms with E-state index in [4.69, 9.17) is 26.1 Å². The lowest BCUT2D eigenvalue weighted by molar-refractivity contribution is -0.122. The van der Waals surface area contributed by atoms with Crippen molar-refractivity contribution >= 4 is 29.3 Å². The van der Waals surface area contributed by atoms with Gasteiger partial charge in [-0.25, -0.2) is 0 Å². The van der Waals surface area contributed by atoms with Gasteiger partial charge in [-0.15, -0.1) is 0 Å². The van der Waals surface area contributed by atoms with Crippen molar-refractivity contribution in [3.63, 3.8) is 0 Å². The Balaban J connectivity index is 1.52. The highest BCUT2D eigenvalue weighted by molar-refractivity contribution is 7.80. The molecule has 152 valence electrons. The van der Waals surface area contributed by atoms with Crippen molar-refractivity contribution in [2.45, 2.75) is 45.3 Å². The zero-order valence-electron chi connectivity index (χ0n) is 16.3. The SMILES string of the molecule is CCOc1cc(/C=C2/NC(=S)N(Cc3ccco3)C2=O)ccc1OC1CCCC1. The molecule has 1 aliphatic heterocycles. The van der Waals surface area contributed by atoms with E-state index in [1.807, 2.05) is 31.2 Å². The molecule has 0 bridgehead atoms. The van der Waals surface area contributed by atoms with Gasteiger partial charge in [0.1, 0.15) is 11.5 Å². The summed E-state index contributed by atoms with van der Waals surface area (Å²) >= 11 is 5.32. The molecule has 0 radical (unpaired) electrons. The van der Waals surface area contributed by atoms with Crippen LogP contribution in [0.25, 0.3) is 6.08 Å². The van der Waals surface area contributed by atoms with Crippen LogP contribution in [-0.4, -0.2) is 28.6 Å². The first-order valence-electron chi connectivity index (χ1n) is 9.94. The van der Waals surface area contributed by atoms with E-state index >= 15 is 0 Å². The Morgan fingerprint density at radius 3 is 2.83 bits per heavy atom. The minimum atomic E-state index is -0.185. The summed E-state index contributed by atoms with van der Waals surface area (Å²) in [6.45, 7) is 2.78. The fraction of sp³-hybridized carbons (Fsp3) is 0.364. The number of nitrogens with one attached hydrogen (secondary N) is 1. The number of carbonyl (C=O) groups is 1. The summed E-state index contributed by atoms with van der Waals surface area (Å²) in [6, 6.07) is 9.33. The third kappa shape index (κ3) is 4.45. The van der Waals surface area contributed by atoms with Crippen LogP contribution in [0.5, 0.6) is 11.5 Å². The van der Waals surface area contributed by atoms with Crippen LogP contribution in [0.15, 0.2) is 46.7 Å². The molecule has 1 saturated carbocycles. The monoisotopic (exact) mass is 412 g/mol. The van der Waals surface area contributed by atoms with Crippen LogP contribution in [0.4, 0.5) is 0 Å². The van der Waals surface area contributed by atoms with Crippen molar-refractivity contribution in [2.75, 3.05) is 6.61 Å². The Hall–Kier alpha value is -2.80. The number of amides is 1. The van der Waals surface area contributed by atoms with Crippen LogP contribution in [0.2, 0.25) is 0 Å². The van der Waals surface area contributed by atoms with E-state index in [0.717, 1.165) is 24.2 Å². The lowest BCUT2D eigenvalue weighted by Gasteiger charge is -2.17. The molecule has 4 rings (SSSR count). The summed E-state index contributed by atoms with van der Waals surface area (Å²) in [7, 11) is 0. The predicted octanol–water partition coefficient (Wildman–Crippen LogP) is 4.26. The number of furan rings is 1. The summed E-state index contributed by atoms with van der Waals surface area (Å²) < 4.78 is 17.2. The van der Waals surface area contributed by atoms with E-state index in [-0.39, 0.29) is 12.0 Å². The van der Waals surface area contributed by atoms with E-state index in [1.54, 1.807) is 18.4 Å². The molecule has 2 aliphatic rings. The van der Waals surface area contributed by atoms with E-state index in [9.17, 15) is 4.79 Å². The molecule has 6 nitrogen and oxygen atoms in total. The molecule has 0 atom stereocenters. The second-order valence-corrected chi connectivity index (χ2v) is 7.51. The van der Waals surface area contributed by atoms with Gasteiger partial charge in [-0.2, -0.15) is 0 Å². The van der Waals surface area contributed by atoms with Crippen LogP contribution in [0.1, 0.15) is 43.9 Å². The second kappa shape index (κ2) is 8.69. The Morgan fingerprint density at radius 2 is 2.10 bits per heavy atom. The van der Waals surface area contributed by atoms with Gasteiger partial charge in [-0.3, -0.25) is 9.69 Å². The minimum Gasteiger partial charge on any atom is -0.490 e. The van der Waals surface area contributed by atoms with Crippen LogP contribution < -0.4 is 14.8 Å². The Labute approximate surface area is 175 Å². The van der Waals surface area contributed by atoms with E-state index < -0.39 is 0 Å². The van der Waals surface area contributed by atoms with Gasteiger partial charge >= 0.3 is 0 Å². The maximum Gasteiger partial charge on any atom is 0.276 e. The normalized spacial score (nSPS) is 18.5. The molecule has 1 saturated heterocycles. The maximum absolute atomic E-state index is 12.8. The van der Waals surface area contributed by atoms with Gasteiger partial charge in [0.25, 0.3) is 5.91 Å². The lowest BCUT2D eigenvalue weighted by atomic mass is 10.1. The fourth-order valence-corrected chi connectivity index (χ4v) is 3.86. The number of carbonyl (C=O) groups excluding carboxylic acids is 1. The number of thiocarbonyl (C=S) groups is 1. The predicted molar refractivity (Wildman–Crippen MR) is 113 cm³/mol. The average molecular weight is 413 g/mol. The van der Waals surface area contributed by atoms with Crippen LogP contribution in [0.3, 0.4) is 0 Å². The summed E-state index contributed by atoms with van der Waals surface area (Å²) in [5.74, 6) is 1.93. The van der Waals surface area contributed by atoms with Gasteiger partial charge in [0.15, 0.2) is 16.6 Å². The van der Waals surface area contributed by atoms with Gasteiger partial charge in [0, 0.05) is 0 Å². The molecule has 1 aromatic heterocycles. The topological polar surface area (TPSA) is 63.9 Å². The Bertz CT molecular complexity index is 917. The van der Waals surface area contributed by atoms with Crippen molar-refractivity contribution in [2.24, 2.45) is 0 Å². The number of benzene rings is 1. The second-order valence-electron chi connectivity index (χ2n) is 7.12. The number of nitrogens with zero attached hydrogens (tertiary/aromatic N) is 1. The molecular formula is C22H24N2O4S. The number of ether oxygens (including phenoxy) is 2. The number of rotatable bonds is 7. The van der Waals surface area contributed by atoms with Gasteiger partial charge in [-0.1, -0.05) is 6.07 Å². The highest BCUT2D eigenvalue weighted by Gasteiger charge is 2.31. The lowest BCUT2D eigenvalue weighted by Crippen LogP contribution is -2.29. The summed E-state index contributed by atoms with van der Waals surface area (Å²) in [5, 5.41) is 3.36. The van der Waals surface area contributed by atoms with Crippen molar-refractivity contribution in [3.05, 3.63) is 53.6 Å². The van der Waals surface area contributed by atoms with E-state index in [0.29, 0.717) is 35.5 Å². The molecule has 2 heterocycles. The van der Waals surface area contributed by atoms with E-state index in [1.165, 1.54) is 17.7 Å². The molecule has 0 spiro atoms. The fourth-order valence-electron chi connectivity index (χ4n) is 3.61. The zero-order valence-corrected chi connectivity index (χ0v) is 17.2. The summed E-state index contributed by atoms with van der Waals surface area (Å²) in [5.41, 5.74) is 1.26. The van der Waals surface area contributed by atoms with Gasteiger partial charge in [0.2, 0.25) is 0 Å². The van der Waals surface area contributed by atoms with Crippen molar-refractivity contribution < 1.29 is 18.7 Å². The molecule has 1 N–H and O–H groups in total. The highest BCUT2D eigenvalue weighted by atomic mass is 32.1. The third-order valence-corrected chi connectivity index (χ3v) is 5.35. The van der Waals surface area contributed by atoms with Gasteiger partial charge in [-0.05, 0) is 80.7 Å². The molecule has 7 heteroatoms. The molecule has 2 aromatic rings. The average Bonchev–Trinajstić information content (AvgIpc) is 3.45. The number of hydrogen-bond acceptors (Lipinski definition) is 5. The molecule has 1 aromatic carbocycles. The first-order chi connectivity index (χ1) is 14.1. The summed E-state index contributed by atoms with van der Waals surface area (Å²) in [4.78, 5) is 14.3. The maximum atomic E-state index is 12.8. The largest absolute Gasteiger partial charge is 0.490 e. The van der Waals surface area contributed by atoms with Gasteiger partial charge in [0.05, 0.1) is 25.5 Å².